The van der Waals surface area contributed by atoms with E-state index < -0.39 is 0 Å². The van der Waals surface area contributed by atoms with Gasteiger partial charge in [0.1, 0.15) is 5.69 Å². The Labute approximate surface area is 184 Å². The molecule has 1 saturated carbocycles. The van der Waals surface area contributed by atoms with Crippen molar-refractivity contribution in [2.45, 2.75) is 76.5 Å². The number of pyridine rings is 1. The summed E-state index contributed by atoms with van der Waals surface area (Å²) in [7, 11) is 0. The molecule has 3 heterocycles. The molecule has 2 aliphatic heterocycles. The number of piperidine rings is 1. The van der Waals surface area contributed by atoms with Gasteiger partial charge in [0.15, 0.2) is 0 Å². The Hall–Kier alpha value is -2.69. The number of aromatic nitrogens is 1. The maximum absolute atomic E-state index is 13.8. The van der Waals surface area contributed by atoms with Crippen LogP contribution in [0, 0.1) is 5.41 Å². The Morgan fingerprint density at radius 2 is 1.68 bits per heavy atom. The molecular weight excluding hydrogens is 386 g/mol. The Bertz CT molecular complexity index is 963. The number of benzene rings is 1. The molecule has 2 amide bonds. The third kappa shape index (κ3) is 3.26. The number of nitrogens with zero attached hydrogens (tertiary/aromatic N) is 3. The second-order valence-electron chi connectivity index (χ2n) is 9.70. The second kappa shape index (κ2) is 7.77. The number of rotatable bonds is 3. The van der Waals surface area contributed by atoms with Gasteiger partial charge in [-0.2, -0.15) is 0 Å². The van der Waals surface area contributed by atoms with E-state index in [0.29, 0.717) is 5.69 Å². The lowest BCUT2D eigenvalue weighted by molar-refractivity contribution is -0.141. The normalized spacial score (nSPS) is 31.9. The summed E-state index contributed by atoms with van der Waals surface area (Å²) in [6.45, 7) is 4.03. The van der Waals surface area contributed by atoms with Crippen LogP contribution in [0.3, 0.4) is 0 Å². The lowest BCUT2D eigenvalue weighted by Crippen LogP contribution is -2.61. The Balaban J connectivity index is 1.61. The molecule has 5 heteroatoms. The molecule has 1 aromatic carbocycles. The molecule has 5 nitrogen and oxygen atoms in total. The van der Waals surface area contributed by atoms with Crippen LogP contribution in [0.15, 0.2) is 54.7 Å². The molecule has 2 saturated heterocycles. The van der Waals surface area contributed by atoms with E-state index >= 15 is 0 Å². The number of carbonyl (C=O) groups excluding carboxylic acids is 2. The SMILES string of the molecule is CC(=O)N1[C@H](Cc2ccccc2)[C@@H]2C[C@@]3(C)[C@H](CCCC[C@@H]13)N2C(=O)c1ccccn1. The van der Waals surface area contributed by atoms with Crippen molar-refractivity contribution in [2.75, 3.05) is 0 Å². The first-order chi connectivity index (χ1) is 15.0. The zero-order valence-electron chi connectivity index (χ0n) is 18.4. The molecule has 2 aromatic rings. The number of carbonyl (C=O) groups is 2. The van der Waals surface area contributed by atoms with E-state index in [1.165, 1.54) is 5.56 Å². The van der Waals surface area contributed by atoms with Crippen molar-refractivity contribution in [1.82, 2.24) is 14.8 Å². The fourth-order valence-electron chi connectivity index (χ4n) is 6.72. The number of amides is 2. The topological polar surface area (TPSA) is 53.5 Å². The fourth-order valence-corrected chi connectivity index (χ4v) is 6.72. The summed E-state index contributed by atoms with van der Waals surface area (Å²) in [5.41, 5.74) is 1.66. The molecule has 3 aliphatic rings. The van der Waals surface area contributed by atoms with E-state index in [9.17, 15) is 9.59 Å². The van der Waals surface area contributed by atoms with Gasteiger partial charge in [-0.1, -0.05) is 56.2 Å². The Kier molecular flexibility index (Phi) is 5.07. The third-order valence-electron chi connectivity index (χ3n) is 7.98. The van der Waals surface area contributed by atoms with Crippen LogP contribution in [0.25, 0.3) is 0 Å². The van der Waals surface area contributed by atoms with Crippen LogP contribution in [0.2, 0.25) is 0 Å². The van der Waals surface area contributed by atoms with Crippen LogP contribution in [0.1, 0.15) is 62.0 Å². The van der Waals surface area contributed by atoms with Gasteiger partial charge in [-0.3, -0.25) is 14.6 Å². The van der Waals surface area contributed by atoms with Gasteiger partial charge in [0.25, 0.3) is 5.91 Å². The maximum atomic E-state index is 13.8. The van der Waals surface area contributed by atoms with Crippen LogP contribution >= 0.6 is 0 Å². The minimum absolute atomic E-state index is 0.00580. The average Bonchev–Trinajstić information content (AvgIpc) is 2.93. The number of fused-ring (bicyclic) bond motifs is 1. The molecular formula is C26H31N3O2. The standard InChI is InChI=1S/C26H31N3O2/c1-18(30)28-21(16-19-10-4-3-5-11-19)22-17-26(2)23(28)13-6-7-14-24(26)29(22)25(31)20-12-8-9-15-27-20/h3-5,8-12,15,21-24H,6-7,13-14,16-17H2,1-2H3/t21-,22+,23-,24+,26-/m1/s1. The minimum Gasteiger partial charge on any atom is -0.334 e. The van der Waals surface area contributed by atoms with Crippen molar-refractivity contribution in [3.63, 3.8) is 0 Å². The summed E-state index contributed by atoms with van der Waals surface area (Å²) >= 11 is 0. The van der Waals surface area contributed by atoms with Crippen molar-refractivity contribution in [3.05, 3.63) is 66.0 Å². The predicted octanol–water partition coefficient (Wildman–Crippen LogP) is 4.09. The van der Waals surface area contributed by atoms with Crippen LogP contribution in [-0.4, -0.2) is 50.8 Å². The highest BCUT2D eigenvalue weighted by atomic mass is 16.2. The zero-order valence-corrected chi connectivity index (χ0v) is 18.4. The minimum atomic E-state index is -0.0650. The van der Waals surface area contributed by atoms with Crippen LogP contribution in [-0.2, 0) is 11.2 Å². The summed E-state index contributed by atoms with van der Waals surface area (Å²) in [6.07, 6.45) is 7.66. The summed E-state index contributed by atoms with van der Waals surface area (Å²) < 4.78 is 0. The van der Waals surface area contributed by atoms with Gasteiger partial charge >= 0.3 is 0 Å². The van der Waals surface area contributed by atoms with Crippen molar-refractivity contribution in [2.24, 2.45) is 5.41 Å². The van der Waals surface area contributed by atoms with Gasteiger partial charge in [0, 0.05) is 30.6 Å². The van der Waals surface area contributed by atoms with Gasteiger partial charge in [0.2, 0.25) is 5.91 Å². The van der Waals surface area contributed by atoms with Crippen molar-refractivity contribution >= 4 is 11.8 Å². The van der Waals surface area contributed by atoms with Crippen molar-refractivity contribution in [3.8, 4) is 0 Å². The first-order valence-electron chi connectivity index (χ1n) is 11.6. The molecule has 162 valence electrons. The number of likely N-dealkylation sites (tertiary alicyclic amines) is 2. The predicted molar refractivity (Wildman–Crippen MR) is 119 cm³/mol. The van der Waals surface area contributed by atoms with E-state index in [2.05, 4.69) is 46.0 Å². The summed E-state index contributed by atoms with van der Waals surface area (Å²) in [5, 5.41) is 0. The van der Waals surface area contributed by atoms with Crippen LogP contribution < -0.4 is 0 Å². The molecule has 0 unspecified atom stereocenters. The van der Waals surface area contributed by atoms with Gasteiger partial charge in [-0.05, 0) is 43.4 Å². The van der Waals surface area contributed by atoms with Crippen LogP contribution in [0.4, 0.5) is 0 Å². The molecule has 5 rings (SSSR count). The first-order valence-corrected chi connectivity index (χ1v) is 11.6. The molecule has 0 spiro atoms. The van der Waals surface area contributed by atoms with Gasteiger partial charge in [-0.25, -0.2) is 0 Å². The number of hydrogen-bond donors (Lipinski definition) is 0. The molecule has 1 aromatic heterocycles. The number of hydrogen-bond acceptors (Lipinski definition) is 3. The summed E-state index contributed by atoms with van der Waals surface area (Å²) in [6, 6.07) is 16.3. The summed E-state index contributed by atoms with van der Waals surface area (Å²) in [5.74, 6) is 0.151. The molecule has 5 atom stereocenters. The largest absolute Gasteiger partial charge is 0.334 e. The van der Waals surface area contributed by atoms with Gasteiger partial charge < -0.3 is 9.80 Å². The molecule has 1 aliphatic carbocycles. The highest BCUT2D eigenvalue weighted by Gasteiger charge is 2.63. The Morgan fingerprint density at radius 1 is 1.00 bits per heavy atom. The van der Waals surface area contributed by atoms with Gasteiger partial charge in [-0.15, -0.1) is 0 Å². The fraction of sp³-hybridized carbons (Fsp3) is 0.500. The van der Waals surface area contributed by atoms with E-state index in [1.807, 2.05) is 24.3 Å². The lowest BCUT2D eigenvalue weighted by Gasteiger charge is -2.50. The van der Waals surface area contributed by atoms with E-state index in [-0.39, 0.29) is 41.4 Å². The zero-order chi connectivity index (χ0) is 21.6. The first kappa shape index (κ1) is 20.2. The maximum Gasteiger partial charge on any atom is 0.273 e. The van der Waals surface area contributed by atoms with Gasteiger partial charge in [0.05, 0.1) is 12.1 Å². The highest BCUT2D eigenvalue weighted by Crippen LogP contribution is 2.55. The summed E-state index contributed by atoms with van der Waals surface area (Å²) in [4.78, 5) is 35.5. The van der Waals surface area contributed by atoms with E-state index in [0.717, 1.165) is 38.5 Å². The average molecular weight is 418 g/mol. The van der Waals surface area contributed by atoms with Crippen LogP contribution in [0.5, 0.6) is 0 Å². The monoisotopic (exact) mass is 417 g/mol. The van der Waals surface area contributed by atoms with Crippen molar-refractivity contribution in [1.29, 1.82) is 0 Å². The molecule has 0 N–H and O–H groups in total. The quantitative estimate of drug-likeness (QED) is 0.756. The molecule has 31 heavy (non-hydrogen) atoms. The Morgan fingerprint density at radius 3 is 2.32 bits per heavy atom. The van der Waals surface area contributed by atoms with Crippen molar-refractivity contribution < 1.29 is 9.59 Å². The third-order valence-corrected chi connectivity index (χ3v) is 7.98. The van der Waals surface area contributed by atoms with E-state index in [1.54, 1.807) is 13.1 Å². The smallest absolute Gasteiger partial charge is 0.273 e. The van der Waals surface area contributed by atoms with E-state index in [4.69, 9.17) is 0 Å². The highest BCUT2D eigenvalue weighted by molar-refractivity contribution is 5.93. The second-order valence-corrected chi connectivity index (χ2v) is 9.70. The molecule has 0 radical (unpaired) electrons. The lowest BCUT2D eigenvalue weighted by atomic mass is 9.69. The molecule has 2 bridgehead atoms. The molecule has 3 fully saturated rings.